The van der Waals surface area contributed by atoms with Crippen LogP contribution in [0.25, 0.3) is 0 Å². The maximum Gasteiger partial charge on any atom is 0.286 e. The average Bonchev–Trinajstić information content (AvgIpc) is 2.92. The molecule has 19 heavy (non-hydrogen) atoms. The summed E-state index contributed by atoms with van der Waals surface area (Å²) in [6.45, 7) is 0.955. The van der Waals surface area contributed by atoms with Crippen molar-refractivity contribution in [3.05, 3.63) is 57.9 Å². The summed E-state index contributed by atoms with van der Waals surface area (Å²) in [5, 5.41) is 3.22. The SMILES string of the molecule is O=C(NCCCn1cc(Cl)ccc1=O)c1ccco1. The second-order valence-corrected chi connectivity index (χ2v) is 4.40. The standard InChI is InChI=1S/C13H13ClN2O3/c14-10-4-5-12(17)16(9-10)7-2-6-15-13(18)11-3-1-8-19-11/h1,3-5,8-9H,2,6-7H2,(H,15,18). The number of halogens is 1. The molecule has 1 N–H and O–H groups in total. The van der Waals surface area contributed by atoms with E-state index < -0.39 is 0 Å². The lowest BCUT2D eigenvalue weighted by molar-refractivity contribution is 0.0925. The van der Waals surface area contributed by atoms with Crippen LogP contribution in [0.4, 0.5) is 0 Å². The van der Waals surface area contributed by atoms with Gasteiger partial charge in [-0.05, 0) is 24.6 Å². The molecule has 0 spiro atoms. The van der Waals surface area contributed by atoms with Gasteiger partial charge in [0.15, 0.2) is 5.76 Å². The van der Waals surface area contributed by atoms with Crippen molar-refractivity contribution in [1.82, 2.24) is 9.88 Å². The predicted molar refractivity (Wildman–Crippen MR) is 71.4 cm³/mol. The van der Waals surface area contributed by atoms with Gasteiger partial charge in [-0.15, -0.1) is 0 Å². The molecule has 2 rings (SSSR count). The lowest BCUT2D eigenvalue weighted by Gasteiger charge is -2.06. The first kappa shape index (κ1) is 13.4. The minimum absolute atomic E-state index is 0.109. The molecule has 0 saturated heterocycles. The summed E-state index contributed by atoms with van der Waals surface area (Å²) in [5.41, 5.74) is -0.109. The molecule has 5 nitrogen and oxygen atoms in total. The fourth-order valence-electron chi connectivity index (χ4n) is 1.62. The lowest BCUT2D eigenvalue weighted by atomic mass is 10.3. The van der Waals surface area contributed by atoms with E-state index in [4.69, 9.17) is 16.0 Å². The smallest absolute Gasteiger partial charge is 0.286 e. The number of nitrogens with one attached hydrogen (secondary N) is 1. The summed E-state index contributed by atoms with van der Waals surface area (Å²) in [6, 6.07) is 6.22. The van der Waals surface area contributed by atoms with E-state index >= 15 is 0 Å². The van der Waals surface area contributed by atoms with Gasteiger partial charge in [0.05, 0.1) is 11.3 Å². The summed E-state index contributed by atoms with van der Waals surface area (Å²) in [7, 11) is 0. The summed E-state index contributed by atoms with van der Waals surface area (Å²) < 4.78 is 6.48. The minimum atomic E-state index is -0.261. The topological polar surface area (TPSA) is 64.2 Å². The molecule has 0 unspecified atom stereocenters. The van der Waals surface area contributed by atoms with E-state index in [1.165, 1.54) is 16.9 Å². The number of nitrogens with zero attached hydrogens (tertiary/aromatic N) is 1. The molecule has 0 aliphatic carbocycles. The molecule has 2 aromatic rings. The molecule has 1 amide bonds. The van der Waals surface area contributed by atoms with Crippen LogP contribution in [0.5, 0.6) is 0 Å². The van der Waals surface area contributed by atoms with Gasteiger partial charge in [0.2, 0.25) is 0 Å². The highest BCUT2D eigenvalue weighted by Crippen LogP contribution is 2.03. The van der Waals surface area contributed by atoms with Crippen molar-refractivity contribution in [2.45, 2.75) is 13.0 Å². The second kappa shape index (κ2) is 6.24. The number of hydrogen-bond donors (Lipinski definition) is 1. The van der Waals surface area contributed by atoms with E-state index in [-0.39, 0.29) is 17.2 Å². The van der Waals surface area contributed by atoms with Crippen molar-refractivity contribution >= 4 is 17.5 Å². The van der Waals surface area contributed by atoms with Crippen molar-refractivity contribution in [3.63, 3.8) is 0 Å². The third-order valence-electron chi connectivity index (χ3n) is 2.55. The second-order valence-electron chi connectivity index (χ2n) is 3.97. The molecule has 0 fully saturated rings. The van der Waals surface area contributed by atoms with Crippen LogP contribution in [-0.2, 0) is 6.54 Å². The monoisotopic (exact) mass is 280 g/mol. The van der Waals surface area contributed by atoms with E-state index in [1.54, 1.807) is 24.4 Å². The van der Waals surface area contributed by atoms with Crippen LogP contribution in [0, 0.1) is 0 Å². The van der Waals surface area contributed by atoms with Gasteiger partial charge in [-0.2, -0.15) is 0 Å². The van der Waals surface area contributed by atoms with Gasteiger partial charge < -0.3 is 14.3 Å². The summed E-state index contributed by atoms with van der Waals surface area (Å²) in [4.78, 5) is 23.0. The fourth-order valence-corrected chi connectivity index (χ4v) is 1.80. The maximum absolute atomic E-state index is 11.5. The van der Waals surface area contributed by atoms with Crippen LogP contribution in [0.3, 0.4) is 0 Å². The van der Waals surface area contributed by atoms with Crippen LogP contribution in [0.15, 0.2) is 45.9 Å². The van der Waals surface area contributed by atoms with Crippen molar-refractivity contribution in [2.24, 2.45) is 0 Å². The molecule has 100 valence electrons. The van der Waals surface area contributed by atoms with Crippen LogP contribution in [-0.4, -0.2) is 17.0 Å². The minimum Gasteiger partial charge on any atom is -0.459 e. The Morgan fingerprint density at radius 2 is 2.21 bits per heavy atom. The number of furan rings is 1. The zero-order chi connectivity index (χ0) is 13.7. The lowest BCUT2D eigenvalue weighted by Crippen LogP contribution is -2.26. The molecule has 0 atom stereocenters. The zero-order valence-electron chi connectivity index (χ0n) is 10.1. The zero-order valence-corrected chi connectivity index (χ0v) is 10.9. The summed E-state index contributed by atoms with van der Waals surface area (Å²) in [5.74, 6) is 0.0170. The average molecular weight is 281 g/mol. The van der Waals surface area contributed by atoms with Gasteiger partial charge in [0.1, 0.15) is 0 Å². The molecule has 2 aromatic heterocycles. The fraction of sp³-hybridized carbons (Fsp3) is 0.231. The largest absolute Gasteiger partial charge is 0.459 e. The van der Waals surface area contributed by atoms with Crippen LogP contribution < -0.4 is 10.9 Å². The quantitative estimate of drug-likeness (QED) is 0.851. The highest BCUT2D eigenvalue weighted by Gasteiger charge is 2.06. The van der Waals surface area contributed by atoms with E-state index in [9.17, 15) is 9.59 Å². The van der Waals surface area contributed by atoms with Crippen molar-refractivity contribution < 1.29 is 9.21 Å². The first-order valence-corrected chi connectivity index (χ1v) is 6.22. The van der Waals surface area contributed by atoms with Crippen molar-refractivity contribution in [3.8, 4) is 0 Å². The van der Waals surface area contributed by atoms with Gasteiger partial charge in [-0.25, -0.2) is 0 Å². The van der Waals surface area contributed by atoms with Crippen LogP contribution in [0.1, 0.15) is 17.0 Å². The first-order chi connectivity index (χ1) is 9.16. The molecule has 6 heteroatoms. The number of pyridine rings is 1. The Hall–Kier alpha value is -2.01. The van der Waals surface area contributed by atoms with E-state index in [1.807, 2.05) is 0 Å². The molecule has 0 bridgehead atoms. The molecule has 0 saturated carbocycles. The molecule has 0 aliphatic heterocycles. The third-order valence-corrected chi connectivity index (χ3v) is 2.78. The Labute approximate surface area is 114 Å². The Kier molecular flexibility index (Phi) is 4.41. The van der Waals surface area contributed by atoms with Gasteiger partial charge >= 0.3 is 0 Å². The highest BCUT2D eigenvalue weighted by atomic mass is 35.5. The number of aromatic nitrogens is 1. The number of carbonyl (C=O) groups excluding carboxylic acids is 1. The number of amides is 1. The molecule has 2 heterocycles. The molecular weight excluding hydrogens is 268 g/mol. The first-order valence-electron chi connectivity index (χ1n) is 5.84. The molecule has 0 radical (unpaired) electrons. The Balaban J connectivity index is 1.79. The van der Waals surface area contributed by atoms with Gasteiger partial charge in [-0.1, -0.05) is 11.6 Å². The number of hydrogen-bond acceptors (Lipinski definition) is 3. The Morgan fingerprint density at radius 1 is 1.37 bits per heavy atom. The van der Waals surface area contributed by atoms with Crippen LogP contribution in [0.2, 0.25) is 5.02 Å². The van der Waals surface area contributed by atoms with E-state index in [0.29, 0.717) is 24.5 Å². The molecular formula is C13H13ClN2O3. The van der Waals surface area contributed by atoms with Crippen molar-refractivity contribution in [1.29, 1.82) is 0 Å². The van der Waals surface area contributed by atoms with Gasteiger partial charge in [0.25, 0.3) is 11.5 Å². The summed E-state index contributed by atoms with van der Waals surface area (Å²) >= 11 is 5.81. The van der Waals surface area contributed by atoms with E-state index in [0.717, 1.165) is 0 Å². The van der Waals surface area contributed by atoms with E-state index in [2.05, 4.69) is 5.32 Å². The number of rotatable bonds is 5. The molecule has 0 aromatic carbocycles. The maximum atomic E-state index is 11.5. The van der Waals surface area contributed by atoms with Crippen LogP contribution >= 0.6 is 11.6 Å². The number of carbonyl (C=O) groups is 1. The normalized spacial score (nSPS) is 10.4. The Morgan fingerprint density at radius 3 is 2.95 bits per heavy atom. The number of aryl methyl sites for hydroxylation is 1. The Bertz CT molecular complexity index is 605. The highest BCUT2D eigenvalue weighted by molar-refractivity contribution is 6.30. The van der Waals surface area contributed by atoms with Crippen molar-refractivity contribution in [2.75, 3.05) is 6.54 Å². The summed E-state index contributed by atoms with van der Waals surface area (Å²) in [6.07, 6.45) is 3.66. The van der Waals surface area contributed by atoms with Gasteiger partial charge in [0, 0.05) is 25.4 Å². The third kappa shape index (κ3) is 3.72. The predicted octanol–water partition coefficient (Wildman–Crippen LogP) is 1.91. The molecule has 0 aliphatic rings. The van der Waals surface area contributed by atoms with Gasteiger partial charge in [-0.3, -0.25) is 9.59 Å².